The molecule has 0 saturated carbocycles. The minimum Gasteiger partial charge on any atom is -0.353 e. The van der Waals surface area contributed by atoms with E-state index < -0.39 is 5.82 Å². The maximum Gasteiger partial charge on any atom is 0.227 e. The summed E-state index contributed by atoms with van der Waals surface area (Å²) in [4.78, 5) is 20.8. The number of aliphatic imine (C=N–C) groups is 3. The molecule has 1 aromatic carbocycles. The van der Waals surface area contributed by atoms with Crippen molar-refractivity contribution in [3.63, 3.8) is 0 Å². The van der Waals surface area contributed by atoms with E-state index in [9.17, 15) is 4.39 Å². The molecule has 3 aliphatic rings. The number of piperazine rings is 1. The van der Waals surface area contributed by atoms with E-state index in [1.807, 2.05) is 25.2 Å². The van der Waals surface area contributed by atoms with Gasteiger partial charge in [0.05, 0.1) is 15.8 Å². The summed E-state index contributed by atoms with van der Waals surface area (Å²) < 4.78 is 14.2. The number of likely N-dealkylation sites (tertiary alicyclic amines) is 1. The first-order valence-corrected chi connectivity index (χ1v) is 12.7. The quantitative estimate of drug-likeness (QED) is 0.377. The van der Waals surface area contributed by atoms with Crippen LogP contribution in [0.2, 0.25) is 5.02 Å². The van der Waals surface area contributed by atoms with Crippen molar-refractivity contribution in [2.75, 3.05) is 32.7 Å². The Labute approximate surface area is 216 Å². The number of allylic oxidation sites excluding steroid dienone is 3. The summed E-state index contributed by atoms with van der Waals surface area (Å²) in [5.41, 5.74) is 1.41. The molecule has 186 valence electrons. The lowest BCUT2D eigenvalue weighted by Crippen LogP contribution is -2.53. The molecule has 1 atom stereocenters. The molecular formula is C26H31Cl2FN6. The summed E-state index contributed by atoms with van der Waals surface area (Å²) in [5, 5.41) is 0.688. The smallest absolute Gasteiger partial charge is 0.227 e. The highest BCUT2D eigenvalue weighted by molar-refractivity contribution is 6.31. The Balaban J connectivity index is 1.60. The Morgan fingerprint density at radius 2 is 1.97 bits per heavy atom. The molecule has 4 rings (SSSR count). The van der Waals surface area contributed by atoms with E-state index in [2.05, 4.69) is 33.3 Å². The number of halogens is 3. The molecule has 0 amide bonds. The Hall–Kier alpha value is -2.64. The lowest BCUT2D eigenvalue weighted by molar-refractivity contribution is 0.164. The zero-order chi connectivity index (χ0) is 24.9. The van der Waals surface area contributed by atoms with Gasteiger partial charge >= 0.3 is 0 Å². The zero-order valence-electron chi connectivity index (χ0n) is 20.2. The first kappa shape index (κ1) is 25.5. The molecule has 1 unspecified atom stereocenters. The minimum absolute atomic E-state index is 0.104. The third-order valence-corrected chi connectivity index (χ3v) is 7.07. The summed E-state index contributed by atoms with van der Waals surface area (Å²) in [6.45, 7) is 11.9. The number of nitrogens with zero attached hydrogens (tertiary/aromatic N) is 6. The van der Waals surface area contributed by atoms with Gasteiger partial charge in [0.15, 0.2) is 0 Å². The van der Waals surface area contributed by atoms with Crippen LogP contribution in [0.25, 0.3) is 5.70 Å². The second-order valence-corrected chi connectivity index (χ2v) is 9.69. The highest BCUT2D eigenvalue weighted by atomic mass is 35.5. The van der Waals surface area contributed by atoms with Crippen LogP contribution < -0.4 is 0 Å². The van der Waals surface area contributed by atoms with Gasteiger partial charge in [0.1, 0.15) is 17.5 Å². The molecule has 0 aliphatic carbocycles. The van der Waals surface area contributed by atoms with E-state index in [4.69, 9.17) is 33.2 Å². The number of rotatable bonds is 4. The van der Waals surface area contributed by atoms with Gasteiger partial charge in [-0.3, -0.25) is 0 Å². The molecule has 3 heterocycles. The predicted molar refractivity (Wildman–Crippen MR) is 145 cm³/mol. The molecule has 6 nitrogen and oxygen atoms in total. The summed E-state index contributed by atoms with van der Waals surface area (Å²) >= 11 is 12.3. The third-order valence-electron chi connectivity index (χ3n) is 6.47. The SMILES string of the molecule is C=N/C(=C(Cl)\C=C/C)N1CCN(C2=NC(N3CCCC3)=NC(c3ccc(Cl)c(F)c3)=CC2)C(C)C1. The van der Waals surface area contributed by atoms with E-state index in [0.29, 0.717) is 34.5 Å². The fourth-order valence-electron chi connectivity index (χ4n) is 4.69. The average Bonchev–Trinajstić information content (AvgIpc) is 3.29. The Morgan fingerprint density at radius 1 is 1.20 bits per heavy atom. The van der Waals surface area contributed by atoms with Crippen molar-refractivity contribution in [1.82, 2.24) is 14.7 Å². The summed E-state index contributed by atoms with van der Waals surface area (Å²) in [6.07, 6.45) is 8.59. The maximum atomic E-state index is 14.2. The predicted octanol–water partition coefficient (Wildman–Crippen LogP) is 5.76. The highest BCUT2D eigenvalue weighted by Gasteiger charge is 2.29. The van der Waals surface area contributed by atoms with Gasteiger partial charge in [-0.25, -0.2) is 14.4 Å². The van der Waals surface area contributed by atoms with Gasteiger partial charge in [0.2, 0.25) is 5.96 Å². The normalized spacial score (nSPS) is 22.0. The van der Waals surface area contributed by atoms with Crippen LogP contribution in [-0.4, -0.2) is 72.0 Å². The molecule has 0 spiro atoms. The van der Waals surface area contributed by atoms with Gasteiger partial charge in [0.25, 0.3) is 0 Å². The number of hydrogen-bond acceptors (Lipinski definition) is 6. The first-order chi connectivity index (χ1) is 16.9. The molecule has 2 saturated heterocycles. The van der Waals surface area contributed by atoms with E-state index in [0.717, 1.165) is 51.4 Å². The van der Waals surface area contributed by atoms with Crippen LogP contribution in [-0.2, 0) is 0 Å². The summed E-state index contributed by atoms with van der Waals surface area (Å²) in [6, 6.07) is 5.00. The Bertz CT molecular complexity index is 1120. The van der Waals surface area contributed by atoms with Crippen LogP contribution in [0.15, 0.2) is 62.3 Å². The molecule has 35 heavy (non-hydrogen) atoms. The maximum absolute atomic E-state index is 14.2. The first-order valence-electron chi connectivity index (χ1n) is 12.0. The Morgan fingerprint density at radius 3 is 2.63 bits per heavy atom. The summed E-state index contributed by atoms with van der Waals surface area (Å²) in [5.74, 6) is 1.90. The minimum atomic E-state index is -0.450. The second-order valence-electron chi connectivity index (χ2n) is 8.87. The lowest BCUT2D eigenvalue weighted by atomic mass is 10.1. The number of amidine groups is 1. The van der Waals surface area contributed by atoms with Crippen molar-refractivity contribution < 1.29 is 4.39 Å². The molecule has 1 aromatic rings. The Kier molecular flexibility index (Phi) is 8.29. The van der Waals surface area contributed by atoms with Gasteiger partial charge < -0.3 is 14.7 Å². The van der Waals surface area contributed by atoms with Crippen LogP contribution in [0.1, 0.15) is 38.7 Å². The van der Waals surface area contributed by atoms with Crippen molar-refractivity contribution in [1.29, 1.82) is 0 Å². The van der Waals surface area contributed by atoms with Crippen LogP contribution in [0.4, 0.5) is 4.39 Å². The van der Waals surface area contributed by atoms with Crippen molar-refractivity contribution in [3.05, 3.63) is 63.7 Å². The van der Waals surface area contributed by atoms with E-state index in [1.165, 1.54) is 6.07 Å². The molecule has 0 radical (unpaired) electrons. The fourth-order valence-corrected chi connectivity index (χ4v) is 5.11. The van der Waals surface area contributed by atoms with E-state index in [-0.39, 0.29) is 11.1 Å². The molecule has 0 bridgehead atoms. The number of guanidine groups is 1. The van der Waals surface area contributed by atoms with Crippen molar-refractivity contribution in [3.8, 4) is 0 Å². The van der Waals surface area contributed by atoms with Crippen LogP contribution in [0.5, 0.6) is 0 Å². The molecule has 2 fully saturated rings. The zero-order valence-corrected chi connectivity index (χ0v) is 21.7. The topological polar surface area (TPSA) is 46.8 Å². The third kappa shape index (κ3) is 5.78. The van der Waals surface area contributed by atoms with Gasteiger partial charge in [-0.15, -0.1) is 0 Å². The van der Waals surface area contributed by atoms with E-state index in [1.54, 1.807) is 12.1 Å². The van der Waals surface area contributed by atoms with Gasteiger partial charge in [-0.1, -0.05) is 41.4 Å². The van der Waals surface area contributed by atoms with Gasteiger partial charge in [-0.2, -0.15) is 4.99 Å². The second kappa shape index (κ2) is 11.4. The van der Waals surface area contributed by atoms with Crippen LogP contribution in [0.3, 0.4) is 0 Å². The largest absolute Gasteiger partial charge is 0.353 e. The number of hydrogen-bond donors (Lipinski definition) is 0. The van der Waals surface area contributed by atoms with E-state index >= 15 is 0 Å². The monoisotopic (exact) mass is 516 g/mol. The van der Waals surface area contributed by atoms with Crippen molar-refractivity contribution in [2.24, 2.45) is 15.0 Å². The molecule has 3 aliphatic heterocycles. The van der Waals surface area contributed by atoms with Gasteiger partial charge in [-0.05, 0) is 51.6 Å². The summed E-state index contributed by atoms with van der Waals surface area (Å²) in [7, 11) is 0. The number of benzene rings is 1. The van der Waals surface area contributed by atoms with Gasteiger partial charge in [0, 0.05) is 50.7 Å². The standard InChI is InChI=1S/C26H31Cl2FN6/c1-4-7-21(28)25(30-3)34-14-15-35(18(2)17-34)24-11-10-23(19-8-9-20(27)22(29)16-19)31-26(32-24)33-12-5-6-13-33/h4,7-10,16,18H,3,5-6,11-15,17H2,1-2H3/b7-4-,25-21-. The average molecular weight is 517 g/mol. The van der Waals surface area contributed by atoms with Crippen LogP contribution >= 0.6 is 23.2 Å². The highest BCUT2D eigenvalue weighted by Crippen LogP contribution is 2.27. The van der Waals surface area contributed by atoms with Crippen molar-refractivity contribution in [2.45, 2.75) is 39.2 Å². The fraction of sp³-hybridized carbons (Fsp3) is 0.423. The van der Waals surface area contributed by atoms with Crippen LogP contribution in [0, 0.1) is 5.82 Å². The van der Waals surface area contributed by atoms with Crippen molar-refractivity contribution >= 4 is 47.4 Å². The molecular weight excluding hydrogens is 486 g/mol. The lowest BCUT2D eigenvalue weighted by Gasteiger charge is -2.42. The molecule has 0 N–H and O–H groups in total. The molecule has 9 heteroatoms. The molecule has 0 aromatic heterocycles.